The fourth-order valence-corrected chi connectivity index (χ4v) is 3.52. The molecule has 2 rings (SSSR count). The van der Waals surface area contributed by atoms with Gasteiger partial charge in [0.25, 0.3) is 0 Å². The topological polar surface area (TPSA) is 50.2 Å². The van der Waals surface area contributed by atoms with Crippen molar-refractivity contribution in [3.8, 4) is 10.4 Å². The van der Waals surface area contributed by atoms with E-state index in [1.54, 1.807) is 18.2 Å². The van der Waals surface area contributed by atoms with Crippen molar-refractivity contribution in [2.75, 3.05) is 0 Å². The van der Waals surface area contributed by atoms with Gasteiger partial charge in [-0.05, 0) is 34.1 Å². The quantitative estimate of drug-likeness (QED) is 0.800. The molecule has 0 saturated heterocycles. The Labute approximate surface area is 123 Å². The van der Waals surface area contributed by atoms with Crippen LogP contribution in [0.4, 0.5) is 0 Å². The molecule has 17 heavy (non-hydrogen) atoms. The summed E-state index contributed by atoms with van der Waals surface area (Å²) in [6, 6.07) is 5.21. The molecule has 0 spiro atoms. The van der Waals surface area contributed by atoms with Gasteiger partial charge in [-0.1, -0.05) is 27.5 Å². The summed E-state index contributed by atoms with van der Waals surface area (Å²) < 4.78 is 1.30. The van der Waals surface area contributed by atoms with Crippen molar-refractivity contribution in [3.63, 3.8) is 0 Å². The molecule has 2 aromatic rings. The van der Waals surface area contributed by atoms with Crippen LogP contribution in [0.2, 0.25) is 5.02 Å². The van der Waals surface area contributed by atoms with Crippen LogP contribution in [-0.2, 0) is 0 Å². The molecular formula is C10H4Br2ClNO2S. The molecular weight excluding hydrogens is 393 g/mol. The first kappa shape index (κ1) is 13.0. The molecule has 0 fully saturated rings. The lowest BCUT2D eigenvalue weighted by Gasteiger charge is -2.03. The predicted octanol–water partition coefficient (Wildman–Crippen LogP) is 4.69. The minimum Gasteiger partial charge on any atom is -0.476 e. The van der Waals surface area contributed by atoms with E-state index in [2.05, 4.69) is 36.8 Å². The number of nitrogens with zero attached hydrogens (tertiary/aromatic N) is 1. The van der Waals surface area contributed by atoms with E-state index in [9.17, 15) is 4.79 Å². The predicted molar refractivity (Wildman–Crippen MR) is 74.9 cm³/mol. The maximum absolute atomic E-state index is 11.1. The molecule has 0 amide bonds. The number of carbonyl (C=O) groups is 1. The van der Waals surface area contributed by atoms with Crippen LogP contribution in [0.3, 0.4) is 0 Å². The number of aromatic nitrogens is 1. The normalized spacial score (nSPS) is 10.5. The van der Waals surface area contributed by atoms with E-state index in [-0.39, 0.29) is 5.69 Å². The number of carboxylic acid groups (broad SMARTS) is 1. The van der Waals surface area contributed by atoms with Crippen molar-refractivity contribution >= 4 is 60.8 Å². The molecule has 7 heteroatoms. The zero-order chi connectivity index (χ0) is 12.6. The lowest BCUT2D eigenvalue weighted by atomic mass is 10.1. The Hall–Kier alpha value is -0.430. The third kappa shape index (κ3) is 2.70. The first-order chi connectivity index (χ1) is 7.99. The molecule has 0 atom stereocenters. The van der Waals surface area contributed by atoms with Crippen LogP contribution in [0, 0.1) is 0 Å². The second-order valence-electron chi connectivity index (χ2n) is 3.07. The molecule has 1 aromatic heterocycles. The lowest BCUT2D eigenvalue weighted by Crippen LogP contribution is -1.98. The van der Waals surface area contributed by atoms with Crippen molar-refractivity contribution < 1.29 is 9.90 Å². The van der Waals surface area contributed by atoms with E-state index in [0.717, 1.165) is 10.0 Å². The van der Waals surface area contributed by atoms with Crippen molar-refractivity contribution in [1.82, 2.24) is 4.98 Å². The minimum atomic E-state index is -1.06. The molecule has 0 aliphatic heterocycles. The highest BCUT2D eigenvalue weighted by Gasteiger charge is 2.19. The average molecular weight is 397 g/mol. The zero-order valence-electron chi connectivity index (χ0n) is 8.08. The zero-order valence-corrected chi connectivity index (χ0v) is 12.8. The van der Waals surface area contributed by atoms with Gasteiger partial charge in [0.1, 0.15) is 0 Å². The monoisotopic (exact) mass is 395 g/mol. The number of rotatable bonds is 2. The van der Waals surface area contributed by atoms with Crippen molar-refractivity contribution in [2.24, 2.45) is 0 Å². The Morgan fingerprint density at radius 2 is 2.12 bits per heavy atom. The van der Waals surface area contributed by atoms with Crippen LogP contribution < -0.4 is 0 Å². The molecule has 0 saturated carbocycles. The van der Waals surface area contributed by atoms with Gasteiger partial charge >= 0.3 is 5.97 Å². The van der Waals surface area contributed by atoms with Crippen molar-refractivity contribution in [1.29, 1.82) is 0 Å². The summed E-state index contributed by atoms with van der Waals surface area (Å²) in [5, 5.41) is 9.62. The molecule has 88 valence electrons. The number of halogens is 3. The van der Waals surface area contributed by atoms with Gasteiger partial charge in [-0.2, -0.15) is 0 Å². The number of aromatic carboxylic acids is 1. The van der Waals surface area contributed by atoms with E-state index < -0.39 is 5.97 Å². The van der Waals surface area contributed by atoms with Crippen molar-refractivity contribution in [2.45, 2.75) is 0 Å². The van der Waals surface area contributed by atoms with E-state index in [4.69, 9.17) is 16.7 Å². The number of thiazole rings is 1. The largest absolute Gasteiger partial charge is 0.476 e. The summed E-state index contributed by atoms with van der Waals surface area (Å²) >= 11 is 13.7. The SMILES string of the molecule is O=C(O)c1nc(Br)sc1-c1cc(Cl)ccc1Br. The fourth-order valence-electron chi connectivity index (χ4n) is 1.29. The van der Waals surface area contributed by atoms with Crippen LogP contribution in [0.5, 0.6) is 0 Å². The fraction of sp³-hybridized carbons (Fsp3) is 0. The van der Waals surface area contributed by atoms with E-state index in [1.165, 1.54) is 11.3 Å². The molecule has 0 unspecified atom stereocenters. The average Bonchev–Trinajstić information content (AvgIpc) is 2.64. The highest BCUT2D eigenvalue weighted by atomic mass is 79.9. The Morgan fingerprint density at radius 1 is 1.41 bits per heavy atom. The Morgan fingerprint density at radius 3 is 2.76 bits per heavy atom. The summed E-state index contributed by atoms with van der Waals surface area (Å²) in [6.07, 6.45) is 0. The first-order valence-electron chi connectivity index (χ1n) is 4.34. The number of hydrogen-bond acceptors (Lipinski definition) is 3. The number of hydrogen-bond donors (Lipinski definition) is 1. The van der Waals surface area contributed by atoms with Crippen LogP contribution >= 0.6 is 54.8 Å². The summed E-state index contributed by atoms with van der Waals surface area (Å²) in [4.78, 5) is 15.6. The number of carboxylic acids is 1. The molecule has 0 aliphatic rings. The smallest absolute Gasteiger partial charge is 0.356 e. The van der Waals surface area contributed by atoms with E-state index in [1.807, 2.05) is 0 Å². The second-order valence-corrected chi connectivity index (χ2v) is 6.64. The van der Waals surface area contributed by atoms with Gasteiger partial charge in [-0.3, -0.25) is 0 Å². The van der Waals surface area contributed by atoms with Gasteiger partial charge in [0.05, 0.1) is 4.88 Å². The van der Waals surface area contributed by atoms with E-state index in [0.29, 0.717) is 13.8 Å². The van der Waals surface area contributed by atoms with E-state index >= 15 is 0 Å². The maximum atomic E-state index is 11.1. The summed E-state index contributed by atoms with van der Waals surface area (Å²) in [5.41, 5.74) is 0.739. The van der Waals surface area contributed by atoms with Gasteiger partial charge in [0, 0.05) is 15.1 Å². The summed E-state index contributed by atoms with van der Waals surface area (Å²) in [6.45, 7) is 0. The first-order valence-corrected chi connectivity index (χ1v) is 7.12. The molecule has 0 aliphatic carbocycles. The Bertz CT molecular complexity index is 600. The molecule has 0 radical (unpaired) electrons. The Balaban J connectivity index is 2.67. The third-order valence-electron chi connectivity index (χ3n) is 1.98. The molecule has 0 bridgehead atoms. The second kappa shape index (κ2) is 5.06. The molecule has 1 aromatic carbocycles. The van der Waals surface area contributed by atoms with Crippen LogP contribution in [-0.4, -0.2) is 16.1 Å². The van der Waals surface area contributed by atoms with Gasteiger partial charge in [-0.25, -0.2) is 9.78 Å². The maximum Gasteiger partial charge on any atom is 0.356 e. The van der Waals surface area contributed by atoms with Crippen molar-refractivity contribution in [3.05, 3.63) is 37.3 Å². The van der Waals surface area contributed by atoms with Crippen LogP contribution in [0.15, 0.2) is 26.6 Å². The molecule has 1 N–H and O–H groups in total. The molecule has 1 heterocycles. The molecule has 3 nitrogen and oxygen atoms in total. The minimum absolute atomic E-state index is 0.0184. The summed E-state index contributed by atoms with van der Waals surface area (Å²) in [7, 11) is 0. The standard InChI is InChI=1S/C10H4Br2ClNO2S/c11-6-2-1-4(13)3-5(6)8-7(9(15)16)14-10(12)17-8/h1-3H,(H,15,16). The van der Waals surface area contributed by atoms with Gasteiger partial charge in [-0.15, -0.1) is 11.3 Å². The van der Waals surface area contributed by atoms with Gasteiger partial charge in [0.15, 0.2) is 9.61 Å². The third-order valence-corrected chi connectivity index (χ3v) is 4.44. The van der Waals surface area contributed by atoms with Gasteiger partial charge < -0.3 is 5.11 Å². The highest BCUT2D eigenvalue weighted by Crippen LogP contribution is 2.38. The Kier molecular flexibility index (Phi) is 3.87. The van der Waals surface area contributed by atoms with Crippen LogP contribution in [0.25, 0.3) is 10.4 Å². The van der Waals surface area contributed by atoms with Crippen LogP contribution in [0.1, 0.15) is 10.5 Å². The summed E-state index contributed by atoms with van der Waals surface area (Å²) in [5.74, 6) is -1.06. The van der Waals surface area contributed by atoms with Gasteiger partial charge in [0.2, 0.25) is 0 Å². The highest BCUT2D eigenvalue weighted by molar-refractivity contribution is 9.11. The lowest BCUT2D eigenvalue weighted by molar-refractivity contribution is 0.0692. The number of benzene rings is 1.